The smallest absolute Gasteiger partial charge is 0.105 e. The average molecular weight is 306 g/mol. The van der Waals surface area contributed by atoms with E-state index in [1.807, 2.05) is 36.4 Å². The van der Waals surface area contributed by atoms with Gasteiger partial charge >= 0.3 is 0 Å². The van der Waals surface area contributed by atoms with Gasteiger partial charge in [-0.15, -0.1) is 13.2 Å². The molecule has 0 N–H and O–H groups in total. The summed E-state index contributed by atoms with van der Waals surface area (Å²) in [5, 5.41) is 0.649. The lowest BCUT2D eigenvalue weighted by Gasteiger charge is -2.14. The zero-order valence-corrected chi connectivity index (χ0v) is 12.9. The molecule has 2 rings (SSSR count). The Bertz CT molecular complexity index is 454. The molecular formula is C16H18O2S2. The fourth-order valence-electron chi connectivity index (χ4n) is 1.71. The molecule has 0 fully saturated rings. The van der Waals surface area contributed by atoms with Crippen molar-refractivity contribution in [1.82, 2.24) is 0 Å². The minimum Gasteiger partial charge on any atom is -0.469 e. The van der Waals surface area contributed by atoms with E-state index in [0.29, 0.717) is 10.5 Å². The predicted molar refractivity (Wildman–Crippen MR) is 88.0 cm³/mol. The molecule has 0 aliphatic heterocycles. The van der Waals surface area contributed by atoms with Gasteiger partial charge in [-0.3, -0.25) is 0 Å². The summed E-state index contributed by atoms with van der Waals surface area (Å²) in [5.74, 6) is 1.98. The summed E-state index contributed by atoms with van der Waals surface area (Å²) in [5.41, 5.74) is 0. The minimum atomic E-state index is 0.324. The lowest BCUT2D eigenvalue weighted by atomic mass is 10.2. The van der Waals surface area contributed by atoms with E-state index in [4.69, 9.17) is 8.83 Å². The van der Waals surface area contributed by atoms with Gasteiger partial charge in [-0.2, -0.15) is 0 Å². The summed E-state index contributed by atoms with van der Waals surface area (Å²) in [7, 11) is 3.60. The highest BCUT2D eigenvalue weighted by molar-refractivity contribution is 8.77. The standard InChI is InChI=1S/C16H18O2S2/c1-3-15(11-13-7-5-9-17-13)19-20-16(4-2)12-14-8-6-10-18-14/h3-10,15-16H,1-2,11-12H2. The second-order valence-electron chi connectivity index (χ2n) is 4.31. The van der Waals surface area contributed by atoms with Crippen LogP contribution in [0.1, 0.15) is 11.5 Å². The fourth-order valence-corrected chi connectivity index (χ4v) is 4.35. The zero-order valence-electron chi connectivity index (χ0n) is 11.2. The van der Waals surface area contributed by atoms with E-state index in [9.17, 15) is 0 Å². The van der Waals surface area contributed by atoms with Gasteiger partial charge in [-0.1, -0.05) is 33.7 Å². The Morgan fingerprint density at radius 1 is 0.900 bits per heavy atom. The topological polar surface area (TPSA) is 26.3 Å². The largest absolute Gasteiger partial charge is 0.469 e. The van der Waals surface area contributed by atoms with Gasteiger partial charge in [0, 0.05) is 23.3 Å². The number of hydrogen-bond acceptors (Lipinski definition) is 4. The molecule has 0 bridgehead atoms. The van der Waals surface area contributed by atoms with E-state index >= 15 is 0 Å². The van der Waals surface area contributed by atoms with Crippen molar-refractivity contribution < 1.29 is 8.83 Å². The second kappa shape index (κ2) is 8.12. The summed E-state index contributed by atoms with van der Waals surface area (Å²) in [6.45, 7) is 7.80. The molecule has 2 aromatic rings. The van der Waals surface area contributed by atoms with Crippen molar-refractivity contribution in [1.29, 1.82) is 0 Å². The quantitative estimate of drug-likeness (QED) is 0.473. The zero-order chi connectivity index (χ0) is 14.2. The van der Waals surface area contributed by atoms with Crippen LogP contribution in [0, 0.1) is 0 Å². The van der Waals surface area contributed by atoms with E-state index in [1.54, 1.807) is 34.1 Å². The molecule has 2 atom stereocenters. The van der Waals surface area contributed by atoms with Crippen molar-refractivity contribution in [2.45, 2.75) is 23.3 Å². The molecule has 0 radical (unpaired) electrons. The third kappa shape index (κ3) is 4.69. The van der Waals surface area contributed by atoms with Crippen molar-refractivity contribution in [3.8, 4) is 0 Å². The van der Waals surface area contributed by atoms with E-state index in [-0.39, 0.29) is 0 Å². The summed E-state index contributed by atoms with van der Waals surface area (Å²) in [6, 6.07) is 7.82. The first kappa shape index (κ1) is 15.1. The summed E-state index contributed by atoms with van der Waals surface area (Å²) in [6.07, 6.45) is 9.06. The molecule has 0 aliphatic rings. The Balaban J connectivity index is 1.81. The molecule has 0 aliphatic carbocycles. The first-order valence-electron chi connectivity index (χ1n) is 6.44. The lowest BCUT2D eigenvalue weighted by molar-refractivity contribution is 0.511. The Labute approximate surface area is 127 Å². The van der Waals surface area contributed by atoms with E-state index in [0.717, 1.165) is 24.4 Å². The Hall–Kier alpha value is -1.26. The minimum absolute atomic E-state index is 0.324. The summed E-state index contributed by atoms with van der Waals surface area (Å²) in [4.78, 5) is 0. The Kier molecular flexibility index (Phi) is 6.15. The fraction of sp³-hybridized carbons (Fsp3) is 0.250. The van der Waals surface area contributed by atoms with E-state index in [2.05, 4.69) is 13.2 Å². The molecule has 0 aromatic carbocycles. The molecule has 106 valence electrons. The van der Waals surface area contributed by atoms with Crippen LogP contribution in [0.4, 0.5) is 0 Å². The highest BCUT2D eigenvalue weighted by atomic mass is 33.1. The van der Waals surface area contributed by atoms with Gasteiger partial charge in [-0.05, 0) is 24.3 Å². The molecule has 4 heteroatoms. The third-order valence-electron chi connectivity index (χ3n) is 2.79. The maximum atomic E-state index is 5.38. The molecule has 2 nitrogen and oxygen atoms in total. The van der Waals surface area contributed by atoms with Crippen molar-refractivity contribution in [3.63, 3.8) is 0 Å². The van der Waals surface area contributed by atoms with Crippen molar-refractivity contribution in [2.75, 3.05) is 0 Å². The SMILES string of the molecule is C=CC(Cc1ccco1)SSC(C=C)Cc1ccco1. The van der Waals surface area contributed by atoms with Crippen LogP contribution in [0.25, 0.3) is 0 Å². The third-order valence-corrected chi connectivity index (χ3v) is 5.93. The van der Waals surface area contributed by atoms with Crippen LogP contribution in [-0.4, -0.2) is 10.5 Å². The maximum absolute atomic E-state index is 5.38. The molecular weight excluding hydrogens is 288 g/mol. The molecule has 2 heterocycles. The molecule has 0 saturated carbocycles. The Morgan fingerprint density at radius 3 is 1.65 bits per heavy atom. The first-order valence-corrected chi connectivity index (χ1v) is 8.71. The molecule has 20 heavy (non-hydrogen) atoms. The highest BCUT2D eigenvalue weighted by Crippen LogP contribution is 2.35. The van der Waals surface area contributed by atoms with Crippen LogP contribution in [0.2, 0.25) is 0 Å². The molecule has 0 spiro atoms. The van der Waals surface area contributed by atoms with Gasteiger partial charge in [0.1, 0.15) is 11.5 Å². The van der Waals surface area contributed by atoms with Gasteiger partial charge in [-0.25, -0.2) is 0 Å². The van der Waals surface area contributed by atoms with Crippen LogP contribution in [0.5, 0.6) is 0 Å². The van der Waals surface area contributed by atoms with Gasteiger partial charge in [0.2, 0.25) is 0 Å². The number of hydrogen-bond donors (Lipinski definition) is 0. The second-order valence-corrected chi connectivity index (χ2v) is 7.06. The Morgan fingerprint density at radius 2 is 1.35 bits per heavy atom. The van der Waals surface area contributed by atoms with Crippen LogP contribution in [0.15, 0.2) is 70.9 Å². The summed E-state index contributed by atoms with van der Waals surface area (Å²) < 4.78 is 10.8. The molecule has 0 saturated heterocycles. The highest BCUT2D eigenvalue weighted by Gasteiger charge is 2.14. The van der Waals surface area contributed by atoms with Gasteiger partial charge in [0.25, 0.3) is 0 Å². The average Bonchev–Trinajstić information content (AvgIpc) is 3.15. The maximum Gasteiger partial charge on any atom is 0.105 e. The van der Waals surface area contributed by atoms with Gasteiger partial charge < -0.3 is 8.83 Å². The van der Waals surface area contributed by atoms with E-state index in [1.165, 1.54) is 0 Å². The van der Waals surface area contributed by atoms with Crippen LogP contribution < -0.4 is 0 Å². The molecule has 2 unspecified atom stereocenters. The molecule has 0 amide bonds. The lowest BCUT2D eigenvalue weighted by Crippen LogP contribution is -2.05. The van der Waals surface area contributed by atoms with Gasteiger partial charge in [0.15, 0.2) is 0 Å². The summed E-state index contributed by atoms with van der Waals surface area (Å²) >= 11 is 0. The van der Waals surface area contributed by atoms with Crippen molar-refractivity contribution >= 4 is 21.6 Å². The number of furan rings is 2. The first-order chi connectivity index (χ1) is 9.81. The van der Waals surface area contributed by atoms with Crippen molar-refractivity contribution in [3.05, 3.63) is 73.6 Å². The van der Waals surface area contributed by atoms with Crippen LogP contribution >= 0.6 is 21.6 Å². The van der Waals surface area contributed by atoms with Crippen LogP contribution in [0.3, 0.4) is 0 Å². The molecule has 2 aromatic heterocycles. The number of rotatable bonds is 9. The van der Waals surface area contributed by atoms with Crippen LogP contribution in [-0.2, 0) is 12.8 Å². The monoisotopic (exact) mass is 306 g/mol. The van der Waals surface area contributed by atoms with E-state index < -0.39 is 0 Å². The normalized spacial score (nSPS) is 13.8. The predicted octanol–water partition coefficient (Wildman–Crippen LogP) is 5.15. The van der Waals surface area contributed by atoms with Crippen molar-refractivity contribution in [2.24, 2.45) is 0 Å². The van der Waals surface area contributed by atoms with Gasteiger partial charge in [0.05, 0.1) is 12.5 Å².